The van der Waals surface area contributed by atoms with Gasteiger partial charge in [-0.15, -0.1) is 0 Å². The summed E-state index contributed by atoms with van der Waals surface area (Å²) in [7, 11) is 1.45. The van der Waals surface area contributed by atoms with Crippen molar-refractivity contribution < 1.29 is 33.9 Å². The molecule has 12 nitrogen and oxygen atoms in total. The minimum Gasteiger partial charge on any atom is -0.504 e. The van der Waals surface area contributed by atoms with Crippen LogP contribution in [0.15, 0.2) is 115 Å². The van der Waals surface area contributed by atoms with Crippen LogP contribution < -0.4 is 15.1 Å². The van der Waals surface area contributed by atoms with Gasteiger partial charge in [-0.2, -0.15) is 5.01 Å². The Morgan fingerprint density at radius 2 is 1.67 bits per heavy atom. The number of fused-ring (bicyclic) bond motifs is 4. The predicted octanol–water partition coefficient (Wildman–Crippen LogP) is 6.35. The van der Waals surface area contributed by atoms with Crippen LogP contribution >= 0.6 is 0 Å². The predicted molar refractivity (Wildman–Crippen MR) is 199 cm³/mol. The van der Waals surface area contributed by atoms with Crippen LogP contribution in [0.2, 0.25) is 0 Å². The zero-order chi connectivity index (χ0) is 37.9. The number of aromatic hydroxyl groups is 1. The Labute approximate surface area is 310 Å². The van der Waals surface area contributed by atoms with Gasteiger partial charge in [-0.05, 0) is 67.1 Å². The number of nitro groups is 1. The van der Waals surface area contributed by atoms with E-state index in [4.69, 9.17) is 4.74 Å². The number of methoxy groups -OCH3 is 1. The number of imide groups is 2. The maximum Gasteiger partial charge on any atom is 0.271 e. The summed E-state index contributed by atoms with van der Waals surface area (Å²) in [5, 5.41) is 23.0. The number of amides is 4. The number of benzene rings is 4. The van der Waals surface area contributed by atoms with E-state index in [1.165, 1.54) is 37.4 Å². The van der Waals surface area contributed by atoms with Crippen molar-refractivity contribution in [3.05, 3.63) is 142 Å². The zero-order valence-corrected chi connectivity index (χ0v) is 29.4. The number of non-ortho nitro benzene ring substituents is 1. The number of nitrogens with zero attached hydrogens (tertiary/aromatic N) is 3. The van der Waals surface area contributed by atoms with Gasteiger partial charge >= 0.3 is 0 Å². The second-order valence-corrected chi connectivity index (χ2v) is 14.2. The summed E-state index contributed by atoms with van der Waals surface area (Å²) in [5.74, 6) is -5.56. The van der Waals surface area contributed by atoms with Crippen molar-refractivity contribution in [3.8, 4) is 11.5 Å². The van der Waals surface area contributed by atoms with Crippen LogP contribution in [0.3, 0.4) is 0 Å². The number of hydrogen-bond donors (Lipinski definition) is 2. The topological polar surface area (TPSA) is 159 Å². The number of anilines is 2. The standard InChI is InChI=1S/C42H36N4O8/c1-24-11-15-27(16-12-24)43-45-39(49)34-23-32-30(17-18-31-37(32)40(50)44(38(31)48)28-9-6-10-29(22-28)46(52)53)33(19-13-25-14-20-35(47)36(21-25)54-2)42(34,41(45)51)26-7-4-3-5-8-26/h3-17,19-22,31-34,37,43,47H,18,23H2,1-2H3/t31-,32+,33-,34-,37-,42-/m0/s1. The molecular weight excluding hydrogens is 688 g/mol. The first kappa shape index (κ1) is 34.5. The third-order valence-corrected chi connectivity index (χ3v) is 11.4. The number of ether oxygens (including phenoxy) is 1. The molecule has 1 saturated carbocycles. The Kier molecular flexibility index (Phi) is 8.40. The lowest BCUT2D eigenvalue weighted by atomic mass is 9.50. The minimum absolute atomic E-state index is 0.0404. The second-order valence-electron chi connectivity index (χ2n) is 14.2. The van der Waals surface area contributed by atoms with Gasteiger partial charge in [-0.1, -0.05) is 84.0 Å². The van der Waals surface area contributed by atoms with Crippen molar-refractivity contribution in [2.75, 3.05) is 17.4 Å². The highest BCUT2D eigenvalue weighted by atomic mass is 16.6. The number of carbonyl (C=O) groups excluding carboxylic acids is 4. The average molecular weight is 725 g/mol. The average Bonchev–Trinajstić information content (AvgIpc) is 3.56. The molecule has 2 heterocycles. The fourth-order valence-electron chi connectivity index (χ4n) is 9.00. The lowest BCUT2D eigenvalue weighted by Gasteiger charge is -2.49. The maximum absolute atomic E-state index is 15.2. The Morgan fingerprint density at radius 1 is 0.907 bits per heavy atom. The van der Waals surface area contributed by atoms with Gasteiger partial charge in [0.05, 0.1) is 46.6 Å². The van der Waals surface area contributed by atoms with Gasteiger partial charge in [0, 0.05) is 18.1 Å². The summed E-state index contributed by atoms with van der Waals surface area (Å²) in [6, 6.07) is 26.8. The molecule has 0 aromatic heterocycles. The van der Waals surface area contributed by atoms with Gasteiger partial charge < -0.3 is 9.84 Å². The van der Waals surface area contributed by atoms with Gasteiger partial charge in [0.25, 0.3) is 17.5 Å². The summed E-state index contributed by atoms with van der Waals surface area (Å²) >= 11 is 0. The highest BCUT2D eigenvalue weighted by molar-refractivity contribution is 6.22. The molecule has 54 heavy (non-hydrogen) atoms. The van der Waals surface area contributed by atoms with Crippen molar-refractivity contribution in [2.45, 2.75) is 25.2 Å². The largest absolute Gasteiger partial charge is 0.504 e. The number of rotatable bonds is 8. The number of phenolic OH excluding ortho intramolecular Hbond substituents is 1. The number of hydrogen-bond acceptors (Lipinski definition) is 9. The van der Waals surface area contributed by atoms with E-state index in [0.29, 0.717) is 16.8 Å². The summed E-state index contributed by atoms with van der Waals surface area (Å²) in [6.07, 6.45) is 5.94. The molecule has 8 rings (SSSR count). The quantitative estimate of drug-likeness (QED) is 0.0914. The molecule has 2 saturated heterocycles. The number of hydrazine groups is 1. The van der Waals surface area contributed by atoms with Gasteiger partial charge in [0.15, 0.2) is 11.5 Å². The number of nitro benzene ring substituents is 1. The summed E-state index contributed by atoms with van der Waals surface area (Å²) in [4.78, 5) is 70.5. The number of phenols is 1. The number of carbonyl (C=O) groups is 4. The zero-order valence-electron chi connectivity index (χ0n) is 29.4. The van der Waals surface area contributed by atoms with E-state index < -0.39 is 63.6 Å². The molecule has 0 radical (unpaired) electrons. The first-order valence-corrected chi connectivity index (χ1v) is 17.7. The maximum atomic E-state index is 15.2. The molecule has 12 heteroatoms. The molecule has 4 aliphatic rings. The van der Waals surface area contributed by atoms with Gasteiger partial charge in [-0.25, -0.2) is 4.90 Å². The van der Waals surface area contributed by atoms with Gasteiger partial charge in [-0.3, -0.25) is 34.7 Å². The molecule has 0 bridgehead atoms. The molecule has 6 atom stereocenters. The third-order valence-electron chi connectivity index (χ3n) is 11.4. The van der Waals surface area contributed by atoms with E-state index in [1.54, 1.807) is 24.3 Å². The molecule has 2 aliphatic carbocycles. The normalized spacial score (nSPS) is 26.0. The van der Waals surface area contributed by atoms with Gasteiger partial charge in [0.2, 0.25) is 11.8 Å². The molecule has 2 aliphatic heterocycles. The summed E-state index contributed by atoms with van der Waals surface area (Å²) in [5.41, 5.74) is 5.12. The Bertz CT molecular complexity index is 2290. The highest BCUT2D eigenvalue weighted by Crippen LogP contribution is 2.61. The van der Waals surface area contributed by atoms with Crippen LogP contribution in [0.4, 0.5) is 17.1 Å². The molecule has 0 spiro atoms. The molecule has 2 N–H and O–H groups in total. The second kappa shape index (κ2) is 13.1. The van der Waals surface area contributed by atoms with E-state index in [9.17, 15) is 29.6 Å². The number of aryl methyl sites for hydroxylation is 1. The van der Waals surface area contributed by atoms with Crippen LogP contribution in [0.1, 0.15) is 29.5 Å². The first-order chi connectivity index (χ1) is 26.0. The molecule has 0 unspecified atom stereocenters. The smallest absolute Gasteiger partial charge is 0.271 e. The van der Waals surface area contributed by atoms with Crippen LogP contribution in [0, 0.1) is 46.6 Å². The molecule has 4 aromatic rings. The third kappa shape index (κ3) is 5.27. The van der Waals surface area contributed by atoms with E-state index in [1.807, 2.05) is 67.6 Å². The van der Waals surface area contributed by atoms with Crippen LogP contribution in [0.25, 0.3) is 6.08 Å². The molecular formula is C42H36N4O8. The summed E-state index contributed by atoms with van der Waals surface area (Å²) < 4.78 is 5.35. The number of nitrogens with one attached hydrogen (secondary N) is 1. The lowest BCUT2D eigenvalue weighted by Crippen LogP contribution is -2.54. The SMILES string of the molecule is COc1cc(C=C[C@H]2C3=CC[C@@H]4C(=O)N(c5cccc([N+](=O)[O-])c5)C(=O)[C@@H]4[C@@H]3C[C@H]3C(=O)N(Nc4ccc(C)cc4)C(=O)[C@@]23c2ccccc2)ccc1O. The fraction of sp³-hybridized carbons (Fsp3) is 0.238. The molecule has 4 aromatic carbocycles. The van der Waals surface area contributed by atoms with E-state index in [2.05, 4.69) is 5.43 Å². The van der Waals surface area contributed by atoms with Crippen LogP contribution in [0.5, 0.6) is 11.5 Å². The van der Waals surface area contributed by atoms with Crippen molar-refractivity contribution in [3.63, 3.8) is 0 Å². The molecule has 4 amide bonds. The Hall–Kier alpha value is -6.56. The van der Waals surface area contributed by atoms with Crippen LogP contribution in [-0.2, 0) is 24.6 Å². The highest BCUT2D eigenvalue weighted by Gasteiger charge is 2.69. The fourth-order valence-corrected chi connectivity index (χ4v) is 9.00. The van der Waals surface area contributed by atoms with E-state index >= 15 is 4.79 Å². The van der Waals surface area contributed by atoms with Crippen molar-refractivity contribution in [2.24, 2.45) is 29.6 Å². The van der Waals surface area contributed by atoms with Crippen molar-refractivity contribution in [1.29, 1.82) is 0 Å². The van der Waals surface area contributed by atoms with E-state index in [-0.39, 0.29) is 35.7 Å². The lowest BCUT2D eigenvalue weighted by molar-refractivity contribution is -0.384. The monoisotopic (exact) mass is 724 g/mol. The Morgan fingerprint density at radius 3 is 2.39 bits per heavy atom. The Balaban J connectivity index is 1.28. The van der Waals surface area contributed by atoms with E-state index in [0.717, 1.165) is 21.0 Å². The summed E-state index contributed by atoms with van der Waals surface area (Å²) in [6.45, 7) is 1.94. The molecule has 3 fully saturated rings. The minimum atomic E-state index is -1.44. The van der Waals surface area contributed by atoms with Gasteiger partial charge in [0.1, 0.15) is 0 Å². The van der Waals surface area contributed by atoms with Crippen molar-refractivity contribution >= 4 is 46.8 Å². The van der Waals surface area contributed by atoms with Crippen molar-refractivity contribution in [1.82, 2.24) is 5.01 Å². The number of allylic oxidation sites excluding steroid dienone is 3. The van der Waals surface area contributed by atoms with Crippen LogP contribution in [-0.4, -0.2) is 45.8 Å². The molecule has 272 valence electrons. The first-order valence-electron chi connectivity index (χ1n) is 17.7.